The van der Waals surface area contributed by atoms with Gasteiger partial charge in [-0.05, 0) is 48.7 Å². The summed E-state index contributed by atoms with van der Waals surface area (Å²) in [6, 6.07) is 12.8. The quantitative estimate of drug-likeness (QED) is 0.550. The Balaban J connectivity index is 1.21. The average Bonchev–Trinajstić information content (AvgIpc) is 2.85. The number of likely N-dealkylation sites (tertiary alicyclic amines) is 1. The molecule has 0 atom stereocenters. The molecule has 2 aliphatic rings. The van der Waals surface area contributed by atoms with E-state index in [2.05, 4.69) is 39.8 Å². The molecule has 0 unspecified atom stereocenters. The Hall–Kier alpha value is -2.58. The number of halogens is 1. The number of nitrogens with one attached hydrogen (secondary N) is 2. The molecule has 0 radical (unpaired) electrons. The molecule has 2 saturated heterocycles. The number of urea groups is 1. The number of phenolic OH excluding ortho intramolecular Hbond substituents is 1. The molecule has 3 N–H and O–H groups in total. The summed E-state index contributed by atoms with van der Waals surface area (Å²) in [6.07, 6.45) is 1.15. The molecule has 2 heterocycles. The van der Waals surface area contributed by atoms with Gasteiger partial charge in [-0.2, -0.15) is 11.8 Å². The standard InChI is InChI=1S/C24H29ClN4O3S/c25-19-3-6-22(30)21(15-19)27-23(31)18-7-9-29(10-8-18)24(32)26-16-17-1-4-20(5-2-17)28-11-13-33-14-12-28/h1-6,15,18,30H,7-14,16H2,(H,26,32)(H,27,31). The van der Waals surface area contributed by atoms with Gasteiger partial charge in [0.2, 0.25) is 5.91 Å². The van der Waals surface area contributed by atoms with Gasteiger partial charge in [0.15, 0.2) is 0 Å². The van der Waals surface area contributed by atoms with Crippen LogP contribution >= 0.6 is 23.4 Å². The lowest BCUT2D eigenvalue weighted by Crippen LogP contribution is -2.45. The molecular weight excluding hydrogens is 460 g/mol. The van der Waals surface area contributed by atoms with Gasteiger partial charge in [-0.15, -0.1) is 0 Å². The predicted molar refractivity (Wildman–Crippen MR) is 134 cm³/mol. The van der Waals surface area contributed by atoms with Crippen LogP contribution in [-0.2, 0) is 11.3 Å². The Morgan fingerprint density at radius 1 is 1.03 bits per heavy atom. The molecule has 33 heavy (non-hydrogen) atoms. The zero-order chi connectivity index (χ0) is 23.2. The van der Waals surface area contributed by atoms with E-state index in [4.69, 9.17) is 11.6 Å². The smallest absolute Gasteiger partial charge is 0.317 e. The van der Waals surface area contributed by atoms with Crippen molar-refractivity contribution in [3.05, 3.63) is 53.1 Å². The molecule has 0 spiro atoms. The van der Waals surface area contributed by atoms with Gasteiger partial charge in [0.1, 0.15) is 5.75 Å². The van der Waals surface area contributed by atoms with Crippen LogP contribution in [0.2, 0.25) is 5.02 Å². The van der Waals surface area contributed by atoms with Crippen molar-refractivity contribution >= 4 is 46.7 Å². The molecule has 0 saturated carbocycles. The normalized spacial score (nSPS) is 17.0. The number of rotatable bonds is 5. The number of amides is 3. The summed E-state index contributed by atoms with van der Waals surface area (Å²) in [4.78, 5) is 29.3. The molecule has 0 aromatic heterocycles. The molecule has 9 heteroatoms. The van der Waals surface area contributed by atoms with Crippen LogP contribution in [0.15, 0.2) is 42.5 Å². The Kier molecular flexibility index (Phi) is 7.88. The first-order valence-electron chi connectivity index (χ1n) is 11.2. The molecule has 0 aliphatic carbocycles. The maximum atomic E-state index is 12.6. The van der Waals surface area contributed by atoms with Crippen molar-refractivity contribution in [1.82, 2.24) is 10.2 Å². The van der Waals surface area contributed by atoms with Crippen LogP contribution in [0.25, 0.3) is 0 Å². The topological polar surface area (TPSA) is 84.9 Å². The Morgan fingerprint density at radius 3 is 2.42 bits per heavy atom. The Bertz CT molecular complexity index is 974. The third kappa shape index (κ3) is 6.26. The van der Waals surface area contributed by atoms with Crippen LogP contribution in [0.3, 0.4) is 0 Å². The van der Waals surface area contributed by atoms with Crippen molar-refractivity contribution in [2.75, 3.05) is 47.9 Å². The SMILES string of the molecule is O=C(Nc1cc(Cl)ccc1O)C1CCN(C(=O)NCc2ccc(N3CCSCC3)cc2)CC1. The van der Waals surface area contributed by atoms with E-state index < -0.39 is 0 Å². The van der Waals surface area contributed by atoms with E-state index >= 15 is 0 Å². The van der Waals surface area contributed by atoms with Crippen LogP contribution in [0.1, 0.15) is 18.4 Å². The molecular formula is C24H29ClN4O3S. The highest BCUT2D eigenvalue weighted by Gasteiger charge is 2.27. The number of hydrogen-bond donors (Lipinski definition) is 3. The Morgan fingerprint density at radius 2 is 1.73 bits per heavy atom. The number of phenols is 1. The van der Waals surface area contributed by atoms with Crippen molar-refractivity contribution in [3.63, 3.8) is 0 Å². The molecule has 2 aromatic carbocycles. The second kappa shape index (κ2) is 11.0. The maximum Gasteiger partial charge on any atom is 0.317 e. The molecule has 176 valence electrons. The summed E-state index contributed by atoms with van der Waals surface area (Å²) < 4.78 is 0. The monoisotopic (exact) mass is 488 g/mol. The van der Waals surface area contributed by atoms with Gasteiger partial charge in [-0.1, -0.05) is 23.7 Å². The number of anilines is 2. The highest BCUT2D eigenvalue weighted by Crippen LogP contribution is 2.28. The van der Waals surface area contributed by atoms with Gasteiger partial charge in [-0.25, -0.2) is 4.79 Å². The third-order valence-corrected chi connectivity index (χ3v) is 7.30. The van der Waals surface area contributed by atoms with Crippen molar-refractivity contribution < 1.29 is 14.7 Å². The highest BCUT2D eigenvalue weighted by atomic mass is 35.5. The molecule has 2 aromatic rings. The summed E-state index contributed by atoms with van der Waals surface area (Å²) >= 11 is 7.93. The average molecular weight is 489 g/mol. The summed E-state index contributed by atoms with van der Waals surface area (Å²) in [6.45, 7) is 3.65. The number of carbonyl (C=O) groups is 2. The minimum Gasteiger partial charge on any atom is -0.506 e. The zero-order valence-electron chi connectivity index (χ0n) is 18.4. The van der Waals surface area contributed by atoms with E-state index in [-0.39, 0.29) is 23.6 Å². The molecule has 2 fully saturated rings. The van der Waals surface area contributed by atoms with E-state index in [0.717, 1.165) is 18.7 Å². The van der Waals surface area contributed by atoms with Crippen LogP contribution in [0.5, 0.6) is 5.75 Å². The first kappa shape index (κ1) is 23.6. The fourth-order valence-electron chi connectivity index (χ4n) is 4.12. The van der Waals surface area contributed by atoms with Crippen LogP contribution < -0.4 is 15.5 Å². The van der Waals surface area contributed by atoms with Crippen molar-refractivity contribution in [3.8, 4) is 5.75 Å². The zero-order valence-corrected chi connectivity index (χ0v) is 20.0. The van der Waals surface area contributed by atoms with Crippen molar-refractivity contribution in [1.29, 1.82) is 0 Å². The number of thioether (sulfide) groups is 1. The van der Waals surface area contributed by atoms with Crippen LogP contribution in [-0.4, -0.2) is 59.6 Å². The van der Waals surface area contributed by atoms with Crippen molar-refractivity contribution in [2.45, 2.75) is 19.4 Å². The lowest BCUT2D eigenvalue weighted by atomic mass is 9.96. The number of benzene rings is 2. The summed E-state index contributed by atoms with van der Waals surface area (Å²) in [7, 11) is 0. The molecule has 4 rings (SSSR count). The van der Waals surface area contributed by atoms with Crippen molar-refractivity contribution in [2.24, 2.45) is 5.92 Å². The Labute approximate surface area is 203 Å². The minimum absolute atomic E-state index is 0.0208. The largest absolute Gasteiger partial charge is 0.506 e. The molecule has 7 nitrogen and oxygen atoms in total. The lowest BCUT2D eigenvalue weighted by molar-refractivity contribution is -0.121. The third-order valence-electron chi connectivity index (χ3n) is 6.13. The second-order valence-corrected chi connectivity index (χ2v) is 10.00. The van der Waals surface area contributed by atoms with E-state index in [1.54, 1.807) is 11.0 Å². The van der Waals surface area contributed by atoms with Crippen LogP contribution in [0, 0.1) is 5.92 Å². The van der Waals surface area contributed by atoms with E-state index in [1.165, 1.54) is 29.3 Å². The van der Waals surface area contributed by atoms with E-state index in [9.17, 15) is 14.7 Å². The summed E-state index contributed by atoms with van der Waals surface area (Å²) in [5.74, 6) is 1.93. The number of hydrogen-bond acceptors (Lipinski definition) is 5. The predicted octanol–water partition coefficient (Wildman–Crippen LogP) is 4.16. The molecule has 2 aliphatic heterocycles. The fraction of sp³-hybridized carbons (Fsp3) is 0.417. The van der Waals surface area contributed by atoms with Gasteiger partial charge in [0.25, 0.3) is 0 Å². The highest BCUT2D eigenvalue weighted by molar-refractivity contribution is 7.99. The van der Waals surface area contributed by atoms with E-state index in [0.29, 0.717) is 43.2 Å². The van der Waals surface area contributed by atoms with Gasteiger partial charge in [0, 0.05) is 60.9 Å². The molecule has 0 bridgehead atoms. The first-order valence-corrected chi connectivity index (χ1v) is 12.8. The van der Waals surface area contributed by atoms with Gasteiger partial charge >= 0.3 is 6.03 Å². The van der Waals surface area contributed by atoms with Gasteiger partial charge in [0.05, 0.1) is 5.69 Å². The van der Waals surface area contributed by atoms with Gasteiger partial charge in [-0.3, -0.25) is 4.79 Å². The van der Waals surface area contributed by atoms with Gasteiger partial charge < -0.3 is 25.5 Å². The first-order chi connectivity index (χ1) is 16.0. The fourth-order valence-corrected chi connectivity index (χ4v) is 5.20. The number of aromatic hydroxyl groups is 1. The minimum atomic E-state index is -0.215. The summed E-state index contributed by atoms with van der Waals surface area (Å²) in [5.41, 5.74) is 2.60. The maximum absolute atomic E-state index is 12.6. The van der Waals surface area contributed by atoms with Crippen LogP contribution in [0.4, 0.5) is 16.2 Å². The number of piperidine rings is 1. The number of carbonyl (C=O) groups excluding carboxylic acids is 2. The lowest BCUT2D eigenvalue weighted by Gasteiger charge is -2.31. The second-order valence-electron chi connectivity index (χ2n) is 8.34. The number of nitrogens with zero attached hydrogens (tertiary/aromatic N) is 2. The molecule has 3 amide bonds. The van der Waals surface area contributed by atoms with E-state index in [1.807, 2.05) is 11.8 Å². The summed E-state index contributed by atoms with van der Waals surface area (Å²) in [5, 5.41) is 16.1.